The van der Waals surface area contributed by atoms with Gasteiger partial charge >= 0.3 is 0 Å². The Morgan fingerprint density at radius 3 is 2.84 bits per heavy atom. The first kappa shape index (κ1) is 18.5. The van der Waals surface area contributed by atoms with Crippen LogP contribution in [0.2, 0.25) is 5.02 Å². The van der Waals surface area contributed by atoms with Crippen LogP contribution in [-0.2, 0) is 6.54 Å². The minimum Gasteiger partial charge on any atom is -0.495 e. The van der Waals surface area contributed by atoms with Crippen LogP contribution in [0.3, 0.4) is 0 Å². The van der Waals surface area contributed by atoms with Gasteiger partial charge in [-0.3, -0.25) is 4.90 Å². The second kappa shape index (κ2) is 7.52. The number of piperidine rings is 1. The lowest BCUT2D eigenvalue weighted by atomic mass is 9.84. The molecule has 0 amide bonds. The molecule has 1 aliphatic heterocycles. The van der Waals surface area contributed by atoms with E-state index in [0.717, 1.165) is 36.0 Å². The van der Waals surface area contributed by atoms with Gasteiger partial charge in [-0.1, -0.05) is 25.4 Å². The van der Waals surface area contributed by atoms with Gasteiger partial charge in [-0.2, -0.15) is 0 Å². The predicted octanol–water partition coefficient (Wildman–Crippen LogP) is 5.14. The Balaban J connectivity index is 1.89. The lowest BCUT2D eigenvalue weighted by Gasteiger charge is -2.37. The van der Waals surface area contributed by atoms with Gasteiger partial charge in [0, 0.05) is 30.6 Å². The van der Waals surface area contributed by atoms with E-state index in [-0.39, 0.29) is 0 Å². The van der Waals surface area contributed by atoms with Gasteiger partial charge in [0.05, 0.1) is 17.8 Å². The van der Waals surface area contributed by atoms with Crippen LogP contribution >= 0.6 is 22.9 Å². The predicted molar refractivity (Wildman–Crippen MR) is 107 cm³/mol. The third-order valence-electron chi connectivity index (χ3n) is 4.68. The Labute approximate surface area is 159 Å². The molecule has 0 radical (unpaired) electrons. The van der Waals surface area contributed by atoms with Crippen LogP contribution in [0, 0.1) is 5.41 Å². The van der Waals surface area contributed by atoms with Crippen molar-refractivity contribution >= 4 is 28.1 Å². The van der Waals surface area contributed by atoms with Crippen LogP contribution in [0.4, 0.5) is 5.13 Å². The number of benzene rings is 1. The second-order valence-electron chi connectivity index (χ2n) is 7.37. The van der Waals surface area contributed by atoms with Crippen LogP contribution in [0.25, 0.3) is 11.3 Å². The summed E-state index contributed by atoms with van der Waals surface area (Å²) in [5, 5.41) is 4.73. The fraction of sp³-hybridized carbons (Fsp3) is 0.526. The van der Waals surface area contributed by atoms with E-state index in [2.05, 4.69) is 24.1 Å². The Hall–Kier alpha value is -1.30. The Morgan fingerprint density at radius 1 is 1.40 bits per heavy atom. The number of rotatable bonds is 5. The maximum Gasteiger partial charge on any atom is 0.183 e. The first-order valence-corrected chi connectivity index (χ1v) is 9.85. The van der Waals surface area contributed by atoms with Crippen molar-refractivity contribution in [2.45, 2.75) is 33.2 Å². The van der Waals surface area contributed by atoms with E-state index in [1.54, 1.807) is 18.4 Å². The highest BCUT2D eigenvalue weighted by atomic mass is 35.5. The molecule has 0 spiro atoms. The van der Waals surface area contributed by atoms with Crippen LogP contribution in [0.5, 0.6) is 5.75 Å². The number of aromatic nitrogens is 1. The fourth-order valence-electron chi connectivity index (χ4n) is 3.49. The van der Waals surface area contributed by atoms with Crippen molar-refractivity contribution in [2.75, 3.05) is 32.6 Å². The molecular weight excluding hydrogens is 354 g/mol. The van der Waals surface area contributed by atoms with Crippen LogP contribution in [0.15, 0.2) is 18.2 Å². The largest absolute Gasteiger partial charge is 0.495 e. The third-order valence-corrected chi connectivity index (χ3v) is 6.04. The van der Waals surface area contributed by atoms with Gasteiger partial charge in [0.2, 0.25) is 0 Å². The SMILES string of the molecule is CNc1nc(-c2ccc(OC)c(Cl)c2)c(CN2CCCC(C)(C)C2)s1. The van der Waals surface area contributed by atoms with Crippen molar-refractivity contribution in [3.63, 3.8) is 0 Å². The summed E-state index contributed by atoms with van der Waals surface area (Å²) in [5.74, 6) is 0.689. The average Bonchev–Trinajstić information content (AvgIpc) is 2.97. The summed E-state index contributed by atoms with van der Waals surface area (Å²) >= 11 is 8.05. The molecule has 4 nitrogen and oxygen atoms in total. The highest BCUT2D eigenvalue weighted by Crippen LogP contribution is 2.37. The molecular formula is C19H26ClN3OS. The fourth-order valence-corrected chi connectivity index (χ4v) is 4.73. The van der Waals surface area contributed by atoms with Crippen LogP contribution in [0.1, 0.15) is 31.6 Å². The van der Waals surface area contributed by atoms with E-state index in [1.165, 1.54) is 17.7 Å². The number of likely N-dealkylation sites (tertiary alicyclic amines) is 1. The van der Waals surface area contributed by atoms with Gasteiger partial charge in [0.25, 0.3) is 0 Å². The summed E-state index contributed by atoms with van der Waals surface area (Å²) in [6.45, 7) is 7.92. The molecule has 136 valence electrons. The molecule has 0 bridgehead atoms. The molecule has 0 aliphatic carbocycles. The molecule has 2 heterocycles. The van der Waals surface area contributed by atoms with Crippen LogP contribution in [-0.4, -0.2) is 37.1 Å². The van der Waals surface area contributed by atoms with Crippen molar-refractivity contribution in [1.82, 2.24) is 9.88 Å². The van der Waals surface area contributed by atoms with E-state index in [9.17, 15) is 0 Å². The Kier molecular flexibility index (Phi) is 5.56. The average molecular weight is 380 g/mol. The monoisotopic (exact) mass is 379 g/mol. The summed E-state index contributed by atoms with van der Waals surface area (Å²) in [5.41, 5.74) is 2.44. The van der Waals surface area contributed by atoms with E-state index in [1.807, 2.05) is 25.2 Å². The minimum absolute atomic E-state index is 0.387. The molecule has 1 saturated heterocycles. The van der Waals surface area contributed by atoms with Crippen molar-refractivity contribution in [3.05, 3.63) is 28.1 Å². The van der Waals surface area contributed by atoms with Crippen molar-refractivity contribution in [3.8, 4) is 17.0 Å². The van der Waals surface area contributed by atoms with Gasteiger partial charge in [-0.15, -0.1) is 11.3 Å². The summed E-state index contributed by atoms with van der Waals surface area (Å²) in [6.07, 6.45) is 2.56. The molecule has 1 aromatic carbocycles. The molecule has 3 rings (SSSR count). The first-order chi connectivity index (χ1) is 11.9. The summed E-state index contributed by atoms with van der Waals surface area (Å²) in [6, 6.07) is 5.88. The molecule has 25 heavy (non-hydrogen) atoms. The van der Waals surface area contributed by atoms with Crippen molar-refractivity contribution < 1.29 is 4.74 Å². The summed E-state index contributed by atoms with van der Waals surface area (Å²) in [4.78, 5) is 8.61. The number of ether oxygens (including phenoxy) is 1. The molecule has 1 N–H and O–H groups in total. The molecule has 1 fully saturated rings. The maximum absolute atomic E-state index is 6.33. The highest BCUT2D eigenvalue weighted by molar-refractivity contribution is 7.16. The Morgan fingerprint density at radius 2 is 2.20 bits per heavy atom. The molecule has 0 saturated carbocycles. The van der Waals surface area contributed by atoms with Gasteiger partial charge in [0.1, 0.15) is 5.75 Å². The molecule has 2 aromatic rings. The lowest BCUT2D eigenvalue weighted by Crippen LogP contribution is -2.39. The lowest BCUT2D eigenvalue weighted by molar-refractivity contribution is 0.112. The number of nitrogens with zero attached hydrogens (tertiary/aromatic N) is 2. The Bertz CT molecular complexity index is 744. The highest BCUT2D eigenvalue weighted by Gasteiger charge is 2.27. The minimum atomic E-state index is 0.387. The third kappa shape index (κ3) is 4.27. The second-order valence-corrected chi connectivity index (χ2v) is 8.86. The van der Waals surface area contributed by atoms with E-state index >= 15 is 0 Å². The molecule has 0 atom stereocenters. The maximum atomic E-state index is 6.33. The van der Waals surface area contributed by atoms with Crippen molar-refractivity contribution in [1.29, 1.82) is 0 Å². The topological polar surface area (TPSA) is 37.4 Å². The van der Waals surface area contributed by atoms with Gasteiger partial charge in [0.15, 0.2) is 5.13 Å². The number of anilines is 1. The number of thiazole rings is 1. The smallest absolute Gasteiger partial charge is 0.183 e. The molecule has 1 aliphatic rings. The number of methoxy groups -OCH3 is 1. The summed E-state index contributed by atoms with van der Waals surface area (Å²) < 4.78 is 5.27. The van der Waals surface area contributed by atoms with Crippen LogP contribution < -0.4 is 10.1 Å². The normalized spacial score (nSPS) is 17.5. The molecule has 1 aromatic heterocycles. The first-order valence-electron chi connectivity index (χ1n) is 8.65. The van der Waals surface area contributed by atoms with E-state index in [4.69, 9.17) is 21.3 Å². The number of halogens is 1. The zero-order chi connectivity index (χ0) is 18.0. The standard InChI is InChI=1S/C19H26ClN3OS/c1-19(2)8-5-9-23(12-19)11-16-17(22-18(21-3)25-16)13-6-7-15(24-4)14(20)10-13/h6-7,10H,5,8-9,11-12H2,1-4H3,(H,21,22). The summed E-state index contributed by atoms with van der Waals surface area (Å²) in [7, 11) is 3.55. The quantitative estimate of drug-likeness (QED) is 0.780. The molecule has 6 heteroatoms. The van der Waals surface area contributed by atoms with E-state index in [0.29, 0.717) is 16.2 Å². The van der Waals surface area contributed by atoms with Gasteiger partial charge in [-0.05, 0) is 43.0 Å². The van der Waals surface area contributed by atoms with E-state index < -0.39 is 0 Å². The van der Waals surface area contributed by atoms with Gasteiger partial charge < -0.3 is 10.1 Å². The number of nitrogens with one attached hydrogen (secondary N) is 1. The number of hydrogen-bond acceptors (Lipinski definition) is 5. The number of hydrogen-bond donors (Lipinski definition) is 1. The zero-order valence-electron chi connectivity index (χ0n) is 15.4. The van der Waals surface area contributed by atoms with Gasteiger partial charge in [-0.25, -0.2) is 4.98 Å². The van der Waals surface area contributed by atoms with Crippen molar-refractivity contribution in [2.24, 2.45) is 5.41 Å². The molecule has 0 unspecified atom stereocenters. The zero-order valence-corrected chi connectivity index (χ0v) is 16.9.